The Hall–Kier alpha value is -1.48. The largest absolute Gasteiger partial charge is 0.366 e. The molecule has 0 spiro atoms. The van der Waals surface area contributed by atoms with Gasteiger partial charge in [-0.25, -0.2) is 0 Å². The molecule has 0 atom stereocenters. The van der Waals surface area contributed by atoms with Gasteiger partial charge >= 0.3 is 0 Å². The first-order chi connectivity index (χ1) is 6.84. The molecule has 0 bridgehead atoms. The lowest BCUT2D eigenvalue weighted by Gasteiger charge is -2.03. The van der Waals surface area contributed by atoms with Gasteiger partial charge in [0.25, 0.3) is 0 Å². The van der Waals surface area contributed by atoms with Gasteiger partial charge in [0.1, 0.15) is 5.82 Å². The zero-order valence-electron chi connectivity index (χ0n) is 7.50. The number of hydrogen-bond donors (Lipinski definition) is 2. The molecular formula is C10H10ClN3. The van der Waals surface area contributed by atoms with Crippen molar-refractivity contribution in [1.29, 1.82) is 0 Å². The van der Waals surface area contributed by atoms with Gasteiger partial charge in [0.05, 0.1) is 6.20 Å². The molecule has 4 heteroatoms. The molecule has 0 radical (unpaired) electrons. The quantitative estimate of drug-likeness (QED) is 0.813. The Morgan fingerprint density at radius 3 is 2.64 bits per heavy atom. The highest BCUT2D eigenvalue weighted by atomic mass is 35.5. The van der Waals surface area contributed by atoms with Crippen LogP contribution < -0.4 is 5.32 Å². The fourth-order valence-electron chi connectivity index (χ4n) is 1.15. The molecule has 0 aliphatic heterocycles. The Kier molecular flexibility index (Phi) is 2.70. The van der Waals surface area contributed by atoms with E-state index < -0.39 is 0 Å². The Morgan fingerprint density at radius 2 is 2.00 bits per heavy atom. The van der Waals surface area contributed by atoms with Gasteiger partial charge in [-0.05, 0) is 23.8 Å². The van der Waals surface area contributed by atoms with Gasteiger partial charge in [0.2, 0.25) is 0 Å². The summed E-state index contributed by atoms with van der Waals surface area (Å²) >= 11 is 5.77. The summed E-state index contributed by atoms with van der Waals surface area (Å²) in [5.41, 5.74) is 1.18. The number of aromatic nitrogens is 2. The molecule has 0 unspecified atom stereocenters. The monoisotopic (exact) mass is 207 g/mol. The van der Waals surface area contributed by atoms with E-state index in [9.17, 15) is 0 Å². The molecule has 0 fully saturated rings. The van der Waals surface area contributed by atoms with Crippen molar-refractivity contribution in [2.24, 2.45) is 0 Å². The molecule has 14 heavy (non-hydrogen) atoms. The second kappa shape index (κ2) is 4.15. The predicted molar refractivity (Wildman–Crippen MR) is 57.4 cm³/mol. The molecule has 0 amide bonds. The topological polar surface area (TPSA) is 40.7 Å². The molecule has 0 saturated carbocycles. The number of H-pyrrole nitrogens is 1. The first-order valence-electron chi connectivity index (χ1n) is 4.32. The maximum atomic E-state index is 5.77. The van der Waals surface area contributed by atoms with Crippen LogP contribution in [0.25, 0.3) is 0 Å². The summed E-state index contributed by atoms with van der Waals surface area (Å²) < 4.78 is 0. The number of nitrogens with zero attached hydrogens (tertiary/aromatic N) is 1. The lowest BCUT2D eigenvalue weighted by Crippen LogP contribution is -1.99. The molecule has 1 aromatic heterocycles. The van der Waals surface area contributed by atoms with E-state index in [2.05, 4.69) is 15.5 Å². The standard InChI is InChI=1S/C10H10ClN3/c11-9-3-1-8(2-4-9)7-12-10-5-6-13-14-10/h1-6H,7H2,(H2,12,13,14). The maximum Gasteiger partial charge on any atom is 0.121 e. The zero-order valence-corrected chi connectivity index (χ0v) is 8.25. The van der Waals surface area contributed by atoms with E-state index in [0.29, 0.717) is 0 Å². The van der Waals surface area contributed by atoms with E-state index in [0.717, 1.165) is 17.4 Å². The van der Waals surface area contributed by atoms with Crippen LogP contribution in [-0.2, 0) is 6.54 Å². The number of anilines is 1. The van der Waals surface area contributed by atoms with Crippen molar-refractivity contribution in [2.75, 3.05) is 5.32 Å². The molecule has 0 saturated heterocycles. The number of benzene rings is 1. The van der Waals surface area contributed by atoms with Gasteiger partial charge < -0.3 is 5.32 Å². The van der Waals surface area contributed by atoms with Crippen LogP contribution in [-0.4, -0.2) is 10.2 Å². The Morgan fingerprint density at radius 1 is 1.21 bits per heavy atom. The molecule has 3 nitrogen and oxygen atoms in total. The van der Waals surface area contributed by atoms with Crippen LogP contribution in [0.2, 0.25) is 5.02 Å². The van der Waals surface area contributed by atoms with Crippen molar-refractivity contribution in [3.63, 3.8) is 0 Å². The van der Waals surface area contributed by atoms with Gasteiger partial charge in [-0.2, -0.15) is 5.10 Å². The second-order valence-corrected chi connectivity index (χ2v) is 3.39. The highest BCUT2D eigenvalue weighted by Crippen LogP contribution is 2.10. The molecule has 2 aromatic rings. The third-order valence-corrected chi connectivity index (χ3v) is 2.15. The summed E-state index contributed by atoms with van der Waals surface area (Å²) in [5.74, 6) is 0.917. The summed E-state index contributed by atoms with van der Waals surface area (Å²) in [5, 5.41) is 10.6. The number of nitrogens with one attached hydrogen (secondary N) is 2. The minimum atomic E-state index is 0.760. The minimum absolute atomic E-state index is 0.760. The predicted octanol–water partition coefficient (Wildman–Crippen LogP) is 2.68. The highest BCUT2D eigenvalue weighted by Gasteiger charge is 1.94. The highest BCUT2D eigenvalue weighted by molar-refractivity contribution is 6.30. The second-order valence-electron chi connectivity index (χ2n) is 2.95. The molecule has 72 valence electrons. The van der Waals surface area contributed by atoms with Gasteiger partial charge in [0, 0.05) is 11.6 Å². The summed E-state index contributed by atoms with van der Waals surface area (Å²) in [6, 6.07) is 9.63. The summed E-state index contributed by atoms with van der Waals surface area (Å²) in [6.45, 7) is 0.763. The number of hydrogen-bond acceptors (Lipinski definition) is 2. The normalized spacial score (nSPS) is 10.1. The molecule has 2 rings (SSSR count). The van der Waals surface area contributed by atoms with Crippen molar-refractivity contribution in [1.82, 2.24) is 10.2 Å². The van der Waals surface area contributed by atoms with Crippen LogP contribution in [0, 0.1) is 0 Å². The molecule has 0 aliphatic carbocycles. The van der Waals surface area contributed by atoms with Crippen molar-refractivity contribution < 1.29 is 0 Å². The van der Waals surface area contributed by atoms with Crippen molar-refractivity contribution >= 4 is 17.4 Å². The van der Waals surface area contributed by atoms with E-state index in [-0.39, 0.29) is 0 Å². The first-order valence-corrected chi connectivity index (χ1v) is 4.70. The van der Waals surface area contributed by atoms with Crippen LogP contribution in [0.4, 0.5) is 5.82 Å². The average Bonchev–Trinajstić information content (AvgIpc) is 2.70. The van der Waals surface area contributed by atoms with E-state index >= 15 is 0 Å². The molecule has 0 aliphatic rings. The van der Waals surface area contributed by atoms with Crippen LogP contribution in [0.5, 0.6) is 0 Å². The van der Waals surface area contributed by atoms with Crippen LogP contribution in [0.1, 0.15) is 5.56 Å². The Bertz CT molecular complexity index is 380. The van der Waals surface area contributed by atoms with Crippen molar-refractivity contribution in [3.8, 4) is 0 Å². The zero-order chi connectivity index (χ0) is 9.80. The van der Waals surface area contributed by atoms with E-state index in [1.54, 1.807) is 6.20 Å². The molecule has 1 heterocycles. The average molecular weight is 208 g/mol. The van der Waals surface area contributed by atoms with Gasteiger partial charge in [-0.15, -0.1) is 0 Å². The van der Waals surface area contributed by atoms with Crippen LogP contribution in [0.3, 0.4) is 0 Å². The van der Waals surface area contributed by atoms with Crippen LogP contribution in [0.15, 0.2) is 36.5 Å². The van der Waals surface area contributed by atoms with Gasteiger partial charge in [0.15, 0.2) is 0 Å². The molecular weight excluding hydrogens is 198 g/mol. The number of rotatable bonds is 3. The summed E-state index contributed by atoms with van der Waals surface area (Å²) in [6.07, 6.45) is 1.71. The van der Waals surface area contributed by atoms with Crippen LogP contribution >= 0.6 is 11.6 Å². The third kappa shape index (κ3) is 2.26. The summed E-state index contributed by atoms with van der Waals surface area (Å²) in [7, 11) is 0. The third-order valence-electron chi connectivity index (χ3n) is 1.90. The fourth-order valence-corrected chi connectivity index (χ4v) is 1.28. The Balaban J connectivity index is 1.95. The molecule has 2 N–H and O–H groups in total. The van der Waals surface area contributed by atoms with Gasteiger partial charge in [-0.3, -0.25) is 5.10 Å². The van der Waals surface area contributed by atoms with E-state index in [4.69, 9.17) is 11.6 Å². The number of halogens is 1. The van der Waals surface area contributed by atoms with Crippen molar-refractivity contribution in [2.45, 2.75) is 6.54 Å². The number of aromatic amines is 1. The maximum absolute atomic E-state index is 5.77. The smallest absolute Gasteiger partial charge is 0.121 e. The lowest BCUT2D eigenvalue weighted by atomic mass is 10.2. The first kappa shape index (κ1) is 9.09. The van der Waals surface area contributed by atoms with E-state index in [1.807, 2.05) is 30.3 Å². The Labute approximate surface area is 87.1 Å². The van der Waals surface area contributed by atoms with E-state index in [1.165, 1.54) is 5.56 Å². The van der Waals surface area contributed by atoms with Gasteiger partial charge in [-0.1, -0.05) is 23.7 Å². The lowest BCUT2D eigenvalue weighted by molar-refractivity contribution is 1.05. The molecule has 1 aromatic carbocycles. The SMILES string of the molecule is Clc1ccc(CNc2ccn[nH]2)cc1. The minimum Gasteiger partial charge on any atom is -0.366 e. The van der Waals surface area contributed by atoms with Crippen molar-refractivity contribution in [3.05, 3.63) is 47.1 Å². The fraction of sp³-hybridized carbons (Fsp3) is 0.100. The summed E-state index contributed by atoms with van der Waals surface area (Å²) in [4.78, 5) is 0.